The summed E-state index contributed by atoms with van der Waals surface area (Å²) in [5, 5.41) is 0. The Morgan fingerprint density at radius 3 is 2.48 bits per heavy atom. The van der Waals surface area contributed by atoms with Gasteiger partial charge in [-0.3, -0.25) is 4.79 Å². The molecule has 1 fully saturated rings. The molecule has 0 aliphatic carbocycles. The van der Waals surface area contributed by atoms with Gasteiger partial charge in [0.15, 0.2) is 0 Å². The first-order valence-electron chi connectivity index (χ1n) is 11.1. The van der Waals surface area contributed by atoms with Crippen LogP contribution in [0.1, 0.15) is 49.2 Å². The minimum Gasteiger partial charge on any atom is -0.320 e. The Bertz CT molecular complexity index is 1230. The maximum Gasteiger partial charge on any atom is 0.227 e. The van der Waals surface area contributed by atoms with E-state index in [0.717, 1.165) is 29.0 Å². The molecule has 4 aromatic rings. The summed E-state index contributed by atoms with van der Waals surface area (Å²) in [5.74, 6) is 1.25. The highest BCUT2D eigenvalue weighted by Gasteiger charge is 2.36. The number of anilines is 1. The molecule has 1 amide bonds. The number of aromatic nitrogens is 2. The van der Waals surface area contributed by atoms with Crippen molar-refractivity contribution in [3.8, 4) is 0 Å². The summed E-state index contributed by atoms with van der Waals surface area (Å²) in [6, 6.07) is 27.2. The highest BCUT2D eigenvalue weighted by atomic mass is 16.2. The van der Waals surface area contributed by atoms with Crippen LogP contribution < -0.4 is 4.90 Å². The lowest BCUT2D eigenvalue weighted by molar-refractivity contribution is -0.117. The number of benzene rings is 3. The number of hydrogen-bond acceptors (Lipinski definition) is 2. The molecule has 5 rings (SSSR count). The second kappa shape index (κ2) is 8.03. The number of aryl methyl sites for hydroxylation is 1. The van der Waals surface area contributed by atoms with E-state index in [-0.39, 0.29) is 17.9 Å². The number of para-hydroxylation sites is 3. The molecule has 2 unspecified atom stereocenters. The molecule has 1 aromatic heterocycles. The molecular weight excluding hydrogens is 382 g/mol. The number of imidazole rings is 1. The second-order valence-corrected chi connectivity index (χ2v) is 8.30. The third kappa shape index (κ3) is 3.42. The van der Waals surface area contributed by atoms with Crippen LogP contribution in [0.3, 0.4) is 0 Å². The minimum atomic E-state index is 0.0657. The number of fused-ring (bicyclic) bond motifs is 1. The largest absolute Gasteiger partial charge is 0.320 e. The lowest BCUT2D eigenvalue weighted by Gasteiger charge is -2.22. The molecule has 0 saturated carbocycles. The Balaban J connectivity index is 1.57. The van der Waals surface area contributed by atoms with Crippen molar-refractivity contribution >= 4 is 22.6 Å². The fraction of sp³-hybridized carbons (Fsp3) is 0.259. The van der Waals surface area contributed by atoms with Gasteiger partial charge in [-0.15, -0.1) is 0 Å². The molecule has 2 heterocycles. The molecule has 1 saturated heterocycles. The van der Waals surface area contributed by atoms with Crippen LogP contribution in [0, 0.1) is 0 Å². The van der Waals surface area contributed by atoms with E-state index in [1.165, 1.54) is 11.1 Å². The third-order valence-corrected chi connectivity index (χ3v) is 6.45. The standard InChI is InChI=1S/C27H27N3O/c1-3-20-11-7-9-15-24(20)29-18-22(17-26(29)31)27-28-23-14-8-10-16-25(23)30(27)19(2)21-12-5-4-6-13-21/h4-16,19,22H,3,17-18H2,1-2H3. The summed E-state index contributed by atoms with van der Waals surface area (Å²) in [5.41, 5.74) is 5.59. The van der Waals surface area contributed by atoms with E-state index in [1.54, 1.807) is 0 Å². The van der Waals surface area contributed by atoms with E-state index in [2.05, 4.69) is 73.0 Å². The van der Waals surface area contributed by atoms with Gasteiger partial charge in [-0.25, -0.2) is 4.98 Å². The third-order valence-electron chi connectivity index (χ3n) is 6.45. The number of carbonyl (C=O) groups is 1. The van der Waals surface area contributed by atoms with Gasteiger partial charge in [-0.2, -0.15) is 0 Å². The highest BCUT2D eigenvalue weighted by molar-refractivity contribution is 5.97. The van der Waals surface area contributed by atoms with Crippen molar-refractivity contribution < 1.29 is 4.79 Å². The van der Waals surface area contributed by atoms with Crippen LogP contribution in [0.15, 0.2) is 78.9 Å². The van der Waals surface area contributed by atoms with E-state index >= 15 is 0 Å². The first kappa shape index (κ1) is 19.6. The van der Waals surface area contributed by atoms with Gasteiger partial charge in [0, 0.05) is 24.6 Å². The summed E-state index contributed by atoms with van der Waals surface area (Å²) < 4.78 is 2.33. The Morgan fingerprint density at radius 2 is 1.68 bits per heavy atom. The maximum absolute atomic E-state index is 13.1. The molecule has 0 spiro atoms. The zero-order chi connectivity index (χ0) is 21.4. The monoisotopic (exact) mass is 409 g/mol. The van der Waals surface area contributed by atoms with Gasteiger partial charge in [-0.05, 0) is 42.7 Å². The predicted octanol–water partition coefficient (Wildman–Crippen LogP) is 5.73. The van der Waals surface area contributed by atoms with Crippen LogP contribution in [0.2, 0.25) is 0 Å². The SMILES string of the molecule is CCc1ccccc1N1CC(c2nc3ccccc3n2C(C)c2ccccc2)CC1=O. The van der Waals surface area contributed by atoms with E-state index in [1.807, 2.05) is 29.2 Å². The van der Waals surface area contributed by atoms with Crippen LogP contribution in [0.5, 0.6) is 0 Å². The normalized spacial score (nSPS) is 17.4. The molecule has 0 N–H and O–H groups in total. The van der Waals surface area contributed by atoms with Gasteiger partial charge in [0.05, 0.1) is 17.1 Å². The minimum absolute atomic E-state index is 0.0657. The first-order valence-corrected chi connectivity index (χ1v) is 11.1. The zero-order valence-corrected chi connectivity index (χ0v) is 18.0. The van der Waals surface area contributed by atoms with Crippen molar-refractivity contribution in [3.05, 3.63) is 95.8 Å². The summed E-state index contributed by atoms with van der Waals surface area (Å²) in [6.07, 6.45) is 1.40. The van der Waals surface area contributed by atoms with Crippen molar-refractivity contribution in [2.24, 2.45) is 0 Å². The van der Waals surface area contributed by atoms with E-state index < -0.39 is 0 Å². The van der Waals surface area contributed by atoms with Gasteiger partial charge in [0.25, 0.3) is 0 Å². The average Bonchev–Trinajstić information content (AvgIpc) is 3.39. The molecule has 31 heavy (non-hydrogen) atoms. The van der Waals surface area contributed by atoms with Gasteiger partial charge in [0.2, 0.25) is 5.91 Å². The van der Waals surface area contributed by atoms with Crippen LogP contribution in [0.4, 0.5) is 5.69 Å². The Kier molecular flexibility index (Phi) is 5.06. The smallest absolute Gasteiger partial charge is 0.227 e. The fourth-order valence-electron chi connectivity index (χ4n) is 4.83. The Labute approximate surface area is 183 Å². The number of carbonyl (C=O) groups excluding carboxylic acids is 1. The van der Waals surface area contributed by atoms with Crippen molar-refractivity contribution in [1.82, 2.24) is 9.55 Å². The fourth-order valence-corrected chi connectivity index (χ4v) is 4.83. The number of nitrogens with zero attached hydrogens (tertiary/aromatic N) is 3. The second-order valence-electron chi connectivity index (χ2n) is 8.30. The van der Waals surface area contributed by atoms with E-state index in [4.69, 9.17) is 4.98 Å². The van der Waals surface area contributed by atoms with Crippen LogP contribution in [-0.4, -0.2) is 22.0 Å². The van der Waals surface area contributed by atoms with Crippen LogP contribution in [-0.2, 0) is 11.2 Å². The van der Waals surface area contributed by atoms with Gasteiger partial charge in [-0.1, -0.05) is 67.6 Å². The lowest BCUT2D eigenvalue weighted by atomic mass is 10.0. The molecule has 2 atom stereocenters. The molecule has 1 aliphatic heterocycles. The molecule has 156 valence electrons. The zero-order valence-electron chi connectivity index (χ0n) is 18.0. The summed E-state index contributed by atoms with van der Waals surface area (Å²) in [7, 11) is 0. The van der Waals surface area contributed by atoms with Crippen LogP contribution >= 0.6 is 0 Å². The number of amides is 1. The molecule has 1 aliphatic rings. The summed E-state index contributed by atoms with van der Waals surface area (Å²) in [6.45, 7) is 5.02. The van der Waals surface area contributed by atoms with Gasteiger partial charge in [0.1, 0.15) is 5.82 Å². The topological polar surface area (TPSA) is 38.1 Å². The molecular formula is C27H27N3O. The van der Waals surface area contributed by atoms with Crippen molar-refractivity contribution in [3.63, 3.8) is 0 Å². The van der Waals surface area contributed by atoms with E-state index in [0.29, 0.717) is 13.0 Å². The Hall–Kier alpha value is -3.40. The van der Waals surface area contributed by atoms with Crippen molar-refractivity contribution in [1.29, 1.82) is 0 Å². The molecule has 4 nitrogen and oxygen atoms in total. The van der Waals surface area contributed by atoms with E-state index in [9.17, 15) is 4.79 Å². The highest BCUT2D eigenvalue weighted by Crippen LogP contribution is 2.37. The average molecular weight is 410 g/mol. The van der Waals surface area contributed by atoms with Crippen molar-refractivity contribution in [2.75, 3.05) is 11.4 Å². The van der Waals surface area contributed by atoms with Crippen molar-refractivity contribution in [2.45, 2.75) is 38.6 Å². The van der Waals surface area contributed by atoms with Crippen LogP contribution in [0.25, 0.3) is 11.0 Å². The number of rotatable bonds is 5. The molecule has 0 bridgehead atoms. The molecule has 3 aromatic carbocycles. The molecule has 0 radical (unpaired) electrons. The Morgan fingerprint density at radius 1 is 0.968 bits per heavy atom. The molecule has 4 heteroatoms. The first-order chi connectivity index (χ1) is 15.2. The van der Waals surface area contributed by atoms with Gasteiger partial charge < -0.3 is 9.47 Å². The maximum atomic E-state index is 13.1. The van der Waals surface area contributed by atoms with Gasteiger partial charge >= 0.3 is 0 Å². The lowest BCUT2D eigenvalue weighted by Crippen LogP contribution is -2.25. The summed E-state index contributed by atoms with van der Waals surface area (Å²) in [4.78, 5) is 20.1. The quantitative estimate of drug-likeness (QED) is 0.422. The number of hydrogen-bond donors (Lipinski definition) is 0. The summed E-state index contributed by atoms with van der Waals surface area (Å²) >= 11 is 0. The predicted molar refractivity (Wildman–Crippen MR) is 126 cm³/mol.